The van der Waals surface area contributed by atoms with E-state index in [-0.39, 0.29) is 0 Å². The highest BCUT2D eigenvalue weighted by molar-refractivity contribution is 4.64. The van der Waals surface area contributed by atoms with Crippen molar-refractivity contribution in [3.63, 3.8) is 0 Å². The molecule has 0 atom stereocenters. The first-order valence-corrected chi connectivity index (χ1v) is 2.04. The van der Waals surface area contributed by atoms with Crippen molar-refractivity contribution in [3.05, 3.63) is 0 Å². The lowest BCUT2D eigenvalue weighted by molar-refractivity contribution is 0.128. The Morgan fingerprint density at radius 3 is 2.17 bits per heavy atom. The van der Waals surface area contributed by atoms with Crippen LogP contribution in [0.3, 0.4) is 0 Å². The van der Waals surface area contributed by atoms with E-state index in [0.717, 1.165) is 13.1 Å². The third-order valence-electron chi connectivity index (χ3n) is 0.870. The summed E-state index contributed by atoms with van der Waals surface area (Å²) in [4.78, 5) is 0. The summed E-state index contributed by atoms with van der Waals surface area (Å²) in [5.74, 6) is 5.26. The highest BCUT2D eigenvalue weighted by Gasteiger charge is 2.18. The van der Waals surface area contributed by atoms with Crippen LogP contribution in [0.25, 0.3) is 0 Å². The fourth-order valence-electron chi connectivity index (χ4n) is 0.360. The lowest BCUT2D eigenvalue weighted by Crippen LogP contribution is -2.31. The van der Waals surface area contributed by atoms with E-state index < -0.39 is 0 Å². The maximum Gasteiger partial charge on any atom is 0.0289 e. The van der Waals surface area contributed by atoms with Crippen LogP contribution in [0.15, 0.2) is 0 Å². The van der Waals surface area contributed by atoms with Crippen molar-refractivity contribution < 1.29 is 0 Å². The van der Waals surface area contributed by atoms with Crippen molar-refractivity contribution >= 4 is 0 Å². The van der Waals surface area contributed by atoms with Crippen molar-refractivity contribution in [1.29, 1.82) is 0 Å². The van der Waals surface area contributed by atoms with Gasteiger partial charge in [-0.15, -0.1) is 0 Å². The highest BCUT2D eigenvalue weighted by atomic mass is 15.8. The molecule has 0 aromatic rings. The van der Waals surface area contributed by atoms with Gasteiger partial charge in [0.2, 0.25) is 0 Å². The van der Waals surface area contributed by atoms with Crippen LogP contribution in [0, 0.1) is 0 Å². The quantitative estimate of drug-likeness (QED) is 0.253. The zero-order valence-corrected chi connectivity index (χ0v) is 3.89. The number of rotatable bonds is 1. The second-order valence-electron chi connectivity index (χ2n) is 1.53. The Kier molecular flexibility index (Phi) is 0.799. The SMILES string of the molecule is CN(N)N1CC1. The summed E-state index contributed by atoms with van der Waals surface area (Å²) in [6.07, 6.45) is 0. The molecule has 0 aliphatic carbocycles. The first-order valence-electron chi connectivity index (χ1n) is 2.04. The molecule has 0 aromatic heterocycles. The van der Waals surface area contributed by atoms with E-state index in [1.807, 2.05) is 12.1 Å². The van der Waals surface area contributed by atoms with Crippen LogP contribution in [0.2, 0.25) is 0 Å². The Labute approximate surface area is 37.3 Å². The second kappa shape index (κ2) is 1.18. The average molecular weight is 87.1 g/mol. The first kappa shape index (κ1) is 4.05. The van der Waals surface area contributed by atoms with Crippen molar-refractivity contribution in [2.75, 3.05) is 20.1 Å². The lowest BCUT2D eigenvalue weighted by atomic mass is 11.0. The van der Waals surface area contributed by atoms with Crippen LogP contribution in [-0.2, 0) is 0 Å². The lowest BCUT2D eigenvalue weighted by Gasteiger charge is -2.06. The topological polar surface area (TPSA) is 32.3 Å². The Bertz CT molecular complexity index is 48.0. The molecule has 3 heteroatoms. The molecule has 0 amide bonds. The molecule has 36 valence electrons. The fourth-order valence-corrected chi connectivity index (χ4v) is 0.360. The summed E-state index contributed by atoms with van der Waals surface area (Å²) >= 11 is 0. The molecular weight excluding hydrogens is 78.1 g/mol. The largest absolute Gasteiger partial charge is 0.255 e. The van der Waals surface area contributed by atoms with Gasteiger partial charge in [-0.25, -0.2) is 5.01 Å². The predicted octanol–water partition coefficient (Wildman–Crippen LogP) is -0.977. The summed E-state index contributed by atoms with van der Waals surface area (Å²) < 4.78 is 0. The standard InChI is InChI=1S/C3H9N3/c1-5(4)6-2-3-6/h2-4H2,1H3. The molecule has 0 radical (unpaired) electrons. The Balaban J connectivity index is 2.13. The summed E-state index contributed by atoms with van der Waals surface area (Å²) in [6.45, 7) is 2.26. The van der Waals surface area contributed by atoms with Gasteiger partial charge in [-0.3, -0.25) is 5.84 Å². The number of hydrogen-bond acceptors (Lipinski definition) is 3. The molecule has 1 rings (SSSR count). The maximum atomic E-state index is 5.26. The minimum absolute atomic E-state index is 1.13. The highest BCUT2D eigenvalue weighted by Crippen LogP contribution is 2.00. The van der Waals surface area contributed by atoms with Gasteiger partial charge in [0.1, 0.15) is 0 Å². The zero-order valence-electron chi connectivity index (χ0n) is 3.89. The average Bonchev–Trinajstić information content (AvgIpc) is 2.06. The molecule has 0 unspecified atom stereocenters. The number of nitrogens with two attached hydrogens (primary N) is 1. The van der Waals surface area contributed by atoms with E-state index in [0.29, 0.717) is 0 Å². The van der Waals surface area contributed by atoms with E-state index in [4.69, 9.17) is 5.84 Å². The van der Waals surface area contributed by atoms with Gasteiger partial charge in [-0.05, 0) is 0 Å². The van der Waals surface area contributed by atoms with Crippen LogP contribution in [0.1, 0.15) is 0 Å². The monoisotopic (exact) mass is 87.1 g/mol. The molecule has 1 aliphatic heterocycles. The summed E-state index contributed by atoms with van der Waals surface area (Å²) in [5, 5.41) is 3.64. The number of nitrogens with zero attached hydrogens (tertiary/aromatic N) is 2. The molecule has 6 heavy (non-hydrogen) atoms. The molecule has 0 aromatic carbocycles. The van der Waals surface area contributed by atoms with E-state index in [1.54, 1.807) is 5.12 Å². The van der Waals surface area contributed by atoms with Gasteiger partial charge in [0.15, 0.2) is 0 Å². The Morgan fingerprint density at radius 1 is 1.67 bits per heavy atom. The molecule has 1 aliphatic rings. The summed E-state index contributed by atoms with van der Waals surface area (Å²) in [6, 6.07) is 0. The molecular formula is C3H9N3. The third-order valence-corrected chi connectivity index (χ3v) is 0.870. The van der Waals surface area contributed by atoms with Gasteiger partial charge in [-0.1, -0.05) is 0 Å². The van der Waals surface area contributed by atoms with E-state index in [2.05, 4.69) is 0 Å². The van der Waals surface area contributed by atoms with Crippen LogP contribution in [-0.4, -0.2) is 30.3 Å². The van der Waals surface area contributed by atoms with Gasteiger partial charge >= 0.3 is 0 Å². The van der Waals surface area contributed by atoms with Crippen molar-refractivity contribution in [2.24, 2.45) is 5.84 Å². The van der Waals surface area contributed by atoms with Crippen molar-refractivity contribution in [1.82, 2.24) is 10.1 Å². The molecule has 1 fully saturated rings. The molecule has 0 spiro atoms. The Morgan fingerprint density at radius 2 is 2.17 bits per heavy atom. The second-order valence-corrected chi connectivity index (χ2v) is 1.53. The van der Waals surface area contributed by atoms with Crippen molar-refractivity contribution in [2.45, 2.75) is 0 Å². The molecule has 2 N–H and O–H groups in total. The number of hydrazine groups is 2. The van der Waals surface area contributed by atoms with Gasteiger partial charge in [0.25, 0.3) is 0 Å². The molecule has 1 saturated heterocycles. The summed E-state index contributed by atoms with van der Waals surface area (Å²) in [5.41, 5.74) is 0. The van der Waals surface area contributed by atoms with Gasteiger partial charge < -0.3 is 0 Å². The van der Waals surface area contributed by atoms with Gasteiger partial charge in [0, 0.05) is 20.1 Å². The molecule has 0 saturated carbocycles. The van der Waals surface area contributed by atoms with Gasteiger partial charge in [-0.2, -0.15) is 5.12 Å². The minimum atomic E-state index is 1.13. The van der Waals surface area contributed by atoms with E-state index >= 15 is 0 Å². The minimum Gasteiger partial charge on any atom is -0.255 e. The van der Waals surface area contributed by atoms with E-state index in [1.165, 1.54) is 0 Å². The summed E-state index contributed by atoms with van der Waals surface area (Å²) in [7, 11) is 1.84. The fraction of sp³-hybridized carbons (Fsp3) is 1.00. The molecule has 3 nitrogen and oxygen atoms in total. The normalized spacial score (nSPS) is 22.5. The number of hydrogen-bond donors (Lipinski definition) is 1. The molecule has 0 bridgehead atoms. The van der Waals surface area contributed by atoms with Crippen molar-refractivity contribution in [3.8, 4) is 0 Å². The van der Waals surface area contributed by atoms with Crippen LogP contribution in [0.5, 0.6) is 0 Å². The van der Waals surface area contributed by atoms with Crippen LogP contribution < -0.4 is 5.84 Å². The maximum absolute atomic E-state index is 5.26. The predicted molar refractivity (Wildman–Crippen MR) is 23.5 cm³/mol. The van der Waals surface area contributed by atoms with Gasteiger partial charge in [0.05, 0.1) is 0 Å². The van der Waals surface area contributed by atoms with Crippen LogP contribution in [0.4, 0.5) is 0 Å². The Hall–Kier alpha value is -0.120. The third kappa shape index (κ3) is 0.680. The smallest absolute Gasteiger partial charge is 0.0289 e. The zero-order chi connectivity index (χ0) is 4.57. The first-order chi connectivity index (χ1) is 2.80. The van der Waals surface area contributed by atoms with Crippen LogP contribution >= 0.6 is 0 Å². The van der Waals surface area contributed by atoms with E-state index in [9.17, 15) is 0 Å². The molecule has 1 heterocycles.